The number of aliphatic hydroxyl groups is 1. The Hall–Kier alpha value is -1.92. The van der Waals surface area contributed by atoms with Gasteiger partial charge in [0.1, 0.15) is 5.82 Å². The molecule has 20 heavy (non-hydrogen) atoms. The Bertz CT molecular complexity index is 603. The molecule has 1 saturated heterocycles. The van der Waals surface area contributed by atoms with Crippen LogP contribution in [0.4, 0.5) is 11.8 Å². The van der Waals surface area contributed by atoms with Crippen LogP contribution in [0.3, 0.4) is 0 Å². The van der Waals surface area contributed by atoms with Gasteiger partial charge in [-0.15, -0.1) is 0 Å². The Balaban J connectivity index is 2.04. The van der Waals surface area contributed by atoms with Crippen LogP contribution in [-0.2, 0) is 0 Å². The summed E-state index contributed by atoms with van der Waals surface area (Å²) in [5.41, 5.74) is 3.40. The number of para-hydroxylation sites is 1. The summed E-state index contributed by atoms with van der Waals surface area (Å²) in [6.07, 6.45) is 2.13. The zero-order valence-electron chi connectivity index (χ0n) is 11.3. The van der Waals surface area contributed by atoms with Crippen LogP contribution in [0.5, 0.6) is 0 Å². The van der Waals surface area contributed by atoms with E-state index in [1.54, 1.807) is 0 Å². The van der Waals surface area contributed by atoms with Crippen LogP contribution >= 0.6 is 0 Å². The minimum Gasteiger partial charge on any atom is -0.396 e. The van der Waals surface area contributed by atoms with Crippen molar-refractivity contribution in [3.63, 3.8) is 0 Å². The lowest BCUT2D eigenvalue weighted by atomic mass is 9.99. The number of nitrogen functional groups attached to an aromatic ring is 1. The van der Waals surface area contributed by atoms with E-state index >= 15 is 0 Å². The van der Waals surface area contributed by atoms with Gasteiger partial charge in [-0.05, 0) is 30.9 Å². The molecule has 2 aromatic rings. The van der Waals surface area contributed by atoms with Crippen molar-refractivity contribution >= 4 is 22.7 Å². The van der Waals surface area contributed by atoms with Gasteiger partial charge in [0.2, 0.25) is 5.95 Å². The predicted molar refractivity (Wildman–Crippen MR) is 79.4 cm³/mol. The predicted octanol–water partition coefficient (Wildman–Crippen LogP) is 1.12. The number of nitrogens with zero attached hydrogens (tertiary/aromatic N) is 3. The Kier molecular flexibility index (Phi) is 3.66. The highest BCUT2D eigenvalue weighted by atomic mass is 16.3. The van der Waals surface area contributed by atoms with Crippen LogP contribution in [0.2, 0.25) is 0 Å². The lowest BCUT2D eigenvalue weighted by Crippen LogP contribution is -2.37. The highest BCUT2D eigenvalue weighted by molar-refractivity contribution is 5.90. The number of aliphatic hydroxyl groups excluding tert-OH is 1. The van der Waals surface area contributed by atoms with Crippen LogP contribution in [0.1, 0.15) is 12.8 Å². The summed E-state index contributed by atoms with van der Waals surface area (Å²) in [7, 11) is 0. The Labute approximate surface area is 117 Å². The van der Waals surface area contributed by atoms with E-state index in [0.717, 1.165) is 42.7 Å². The molecule has 6 nitrogen and oxygen atoms in total. The lowest BCUT2D eigenvalue weighted by Gasteiger charge is -2.33. The summed E-state index contributed by atoms with van der Waals surface area (Å²) in [5.74, 6) is 7.08. The number of nitrogens with two attached hydrogens (primary N) is 1. The molecule has 0 bridgehead atoms. The van der Waals surface area contributed by atoms with Gasteiger partial charge in [-0.3, -0.25) is 5.43 Å². The van der Waals surface area contributed by atoms with Crippen molar-refractivity contribution in [2.75, 3.05) is 30.0 Å². The Morgan fingerprint density at radius 2 is 2.20 bits per heavy atom. The lowest BCUT2D eigenvalue weighted by molar-refractivity contribution is 0.208. The number of aromatic nitrogens is 2. The first kappa shape index (κ1) is 13.1. The molecule has 1 fully saturated rings. The van der Waals surface area contributed by atoms with Gasteiger partial charge >= 0.3 is 0 Å². The second-order valence-corrected chi connectivity index (χ2v) is 5.17. The third-order valence-corrected chi connectivity index (χ3v) is 3.79. The fourth-order valence-corrected chi connectivity index (χ4v) is 2.77. The molecule has 6 heteroatoms. The largest absolute Gasteiger partial charge is 0.396 e. The molecule has 1 atom stereocenters. The number of anilines is 2. The van der Waals surface area contributed by atoms with E-state index in [9.17, 15) is 5.11 Å². The normalized spacial score (nSPS) is 19.3. The summed E-state index contributed by atoms with van der Waals surface area (Å²) >= 11 is 0. The molecule has 2 heterocycles. The minimum absolute atomic E-state index is 0.224. The zero-order valence-corrected chi connectivity index (χ0v) is 11.3. The van der Waals surface area contributed by atoms with Gasteiger partial charge in [-0.25, -0.2) is 10.8 Å². The third kappa shape index (κ3) is 2.39. The topological polar surface area (TPSA) is 87.3 Å². The molecule has 0 amide bonds. The Morgan fingerprint density at radius 1 is 1.35 bits per heavy atom. The number of hydrazine groups is 1. The molecular formula is C14H19N5O. The maximum Gasteiger partial charge on any atom is 0.239 e. The molecule has 1 aromatic heterocycles. The van der Waals surface area contributed by atoms with Gasteiger partial charge in [0, 0.05) is 25.1 Å². The van der Waals surface area contributed by atoms with Crippen LogP contribution in [0, 0.1) is 5.92 Å². The number of fused-ring (bicyclic) bond motifs is 1. The van der Waals surface area contributed by atoms with Gasteiger partial charge in [-0.1, -0.05) is 12.1 Å². The highest BCUT2D eigenvalue weighted by Gasteiger charge is 2.22. The standard InChI is InChI=1S/C14H19N5O/c15-18-14-16-12-6-2-1-5-11(12)13(17-14)19-7-3-4-10(8-19)9-20/h1-2,5-6,10,20H,3-4,7-9,15H2,(H,16,17,18). The van der Waals surface area contributed by atoms with E-state index in [0.29, 0.717) is 11.9 Å². The second kappa shape index (κ2) is 5.60. The van der Waals surface area contributed by atoms with Crippen molar-refractivity contribution in [2.45, 2.75) is 12.8 Å². The van der Waals surface area contributed by atoms with Gasteiger partial charge in [-0.2, -0.15) is 4.98 Å². The van der Waals surface area contributed by atoms with Gasteiger partial charge in [0.05, 0.1) is 5.52 Å². The molecule has 0 aliphatic carbocycles. The van der Waals surface area contributed by atoms with Crippen molar-refractivity contribution < 1.29 is 5.11 Å². The first-order valence-electron chi connectivity index (χ1n) is 6.91. The molecule has 0 spiro atoms. The molecule has 106 valence electrons. The van der Waals surface area contributed by atoms with Gasteiger partial charge < -0.3 is 10.0 Å². The molecule has 0 radical (unpaired) electrons. The summed E-state index contributed by atoms with van der Waals surface area (Å²) in [5, 5.41) is 10.4. The number of rotatable bonds is 3. The second-order valence-electron chi connectivity index (χ2n) is 5.17. The van der Waals surface area contributed by atoms with E-state index in [4.69, 9.17) is 5.84 Å². The Morgan fingerprint density at radius 3 is 3.00 bits per heavy atom. The highest BCUT2D eigenvalue weighted by Crippen LogP contribution is 2.28. The van der Waals surface area contributed by atoms with Crippen molar-refractivity contribution in [3.05, 3.63) is 24.3 Å². The molecule has 0 saturated carbocycles. The molecule has 1 unspecified atom stereocenters. The first-order valence-corrected chi connectivity index (χ1v) is 6.91. The van der Waals surface area contributed by atoms with Crippen molar-refractivity contribution in [3.8, 4) is 0 Å². The smallest absolute Gasteiger partial charge is 0.239 e. The first-order chi connectivity index (χ1) is 9.81. The summed E-state index contributed by atoms with van der Waals surface area (Å²) in [6.45, 7) is 1.99. The number of hydrogen-bond donors (Lipinski definition) is 3. The number of hydrogen-bond acceptors (Lipinski definition) is 6. The number of nitrogens with one attached hydrogen (secondary N) is 1. The molecule has 4 N–H and O–H groups in total. The molecular weight excluding hydrogens is 254 g/mol. The summed E-state index contributed by atoms with van der Waals surface area (Å²) in [6, 6.07) is 7.91. The van der Waals surface area contributed by atoms with Crippen molar-refractivity contribution in [1.29, 1.82) is 0 Å². The van der Waals surface area contributed by atoms with Crippen LogP contribution in [0.25, 0.3) is 10.9 Å². The molecule has 3 rings (SSSR count). The summed E-state index contributed by atoms with van der Waals surface area (Å²) < 4.78 is 0. The fourth-order valence-electron chi connectivity index (χ4n) is 2.77. The number of benzene rings is 1. The SMILES string of the molecule is NNc1nc(N2CCCC(CO)C2)c2ccccc2n1. The van der Waals surface area contributed by atoms with E-state index in [1.807, 2.05) is 24.3 Å². The zero-order chi connectivity index (χ0) is 13.9. The third-order valence-electron chi connectivity index (χ3n) is 3.79. The van der Waals surface area contributed by atoms with Crippen molar-refractivity contribution in [1.82, 2.24) is 9.97 Å². The maximum atomic E-state index is 9.38. The summed E-state index contributed by atoms with van der Waals surface area (Å²) in [4.78, 5) is 11.1. The number of piperidine rings is 1. The molecule has 1 aliphatic heterocycles. The van der Waals surface area contributed by atoms with E-state index in [-0.39, 0.29) is 6.61 Å². The fraction of sp³-hybridized carbons (Fsp3) is 0.429. The van der Waals surface area contributed by atoms with E-state index in [2.05, 4.69) is 20.3 Å². The van der Waals surface area contributed by atoms with Gasteiger partial charge in [0.15, 0.2) is 0 Å². The van der Waals surface area contributed by atoms with E-state index in [1.165, 1.54) is 0 Å². The maximum absolute atomic E-state index is 9.38. The average Bonchev–Trinajstić information content (AvgIpc) is 2.53. The minimum atomic E-state index is 0.224. The monoisotopic (exact) mass is 273 g/mol. The molecule has 1 aromatic carbocycles. The van der Waals surface area contributed by atoms with Crippen LogP contribution in [-0.4, -0.2) is 34.8 Å². The average molecular weight is 273 g/mol. The van der Waals surface area contributed by atoms with Crippen molar-refractivity contribution in [2.24, 2.45) is 11.8 Å². The van der Waals surface area contributed by atoms with Crippen LogP contribution < -0.4 is 16.2 Å². The van der Waals surface area contributed by atoms with Gasteiger partial charge in [0.25, 0.3) is 0 Å². The molecule has 1 aliphatic rings. The quantitative estimate of drug-likeness (QED) is 0.574. The van der Waals surface area contributed by atoms with E-state index < -0.39 is 0 Å². The van der Waals surface area contributed by atoms with Crippen LogP contribution in [0.15, 0.2) is 24.3 Å².